The molecule has 0 aliphatic carbocycles. The summed E-state index contributed by atoms with van der Waals surface area (Å²) < 4.78 is 12.9. The van der Waals surface area contributed by atoms with Crippen molar-refractivity contribution >= 4 is 0 Å². The van der Waals surface area contributed by atoms with E-state index in [-0.39, 0.29) is 6.61 Å². The Kier molecular flexibility index (Phi) is 4.60. The monoisotopic (exact) mass is 303 g/mol. The second kappa shape index (κ2) is 6.81. The van der Waals surface area contributed by atoms with Crippen LogP contribution in [0.5, 0.6) is 11.5 Å². The molecule has 0 amide bonds. The van der Waals surface area contributed by atoms with Crippen molar-refractivity contribution in [3.8, 4) is 11.5 Å². The Morgan fingerprint density at radius 2 is 2.00 bits per heavy atom. The van der Waals surface area contributed by atoms with Gasteiger partial charge in [-0.2, -0.15) is 0 Å². The number of aliphatic hydroxyl groups is 1. The van der Waals surface area contributed by atoms with Crippen molar-refractivity contribution in [2.24, 2.45) is 0 Å². The number of rotatable bonds is 6. The third-order valence-corrected chi connectivity index (χ3v) is 3.79. The zero-order valence-corrected chi connectivity index (χ0v) is 12.7. The molecule has 118 valence electrons. The molecule has 0 spiro atoms. The number of benzene rings is 1. The van der Waals surface area contributed by atoms with Crippen molar-refractivity contribution in [3.63, 3.8) is 0 Å². The molecule has 0 unspecified atom stereocenters. The van der Waals surface area contributed by atoms with Gasteiger partial charge in [0.15, 0.2) is 0 Å². The van der Waals surface area contributed by atoms with Crippen LogP contribution in [-0.4, -0.2) is 52.5 Å². The van der Waals surface area contributed by atoms with E-state index in [0.29, 0.717) is 6.54 Å². The lowest BCUT2D eigenvalue weighted by atomic mass is 10.3. The standard InChI is InChI=1S/C16H21N3O3/c1-21-14-2-4-15(5-3-14)22-12-13(20)10-18-8-9-19-7-6-17-16(19)11-18/h2-7,13,20H,8-12H2,1H3/t13-/m1/s1. The average Bonchev–Trinajstić information content (AvgIpc) is 3.01. The fraction of sp³-hybridized carbons (Fsp3) is 0.438. The number of methoxy groups -OCH3 is 1. The van der Waals surface area contributed by atoms with Crippen LogP contribution in [0.2, 0.25) is 0 Å². The highest BCUT2D eigenvalue weighted by Gasteiger charge is 2.19. The van der Waals surface area contributed by atoms with Crippen molar-refractivity contribution < 1.29 is 14.6 Å². The summed E-state index contributed by atoms with van der Waals surface area (Å²) in [5, 5.41) is 10.1. The first-order valence-corrected chi connectivity index (χ1v) is 7.42. The molecule has 0 saturated carbocycles. The third kappa shape index (κ3) is 3.58. The van der Waals surface area contributed by atoms with Crippen molar-refractivity contribution in [1.29, 1.82) is 0 Å². The quantitative estimate of drug-likeness (QED) is 0.867. The maximum Gasteiger partial charge on any atom is 0.122 e. The summed E-state index contributed by atoms with van der Waals surface area (Å²) in [5.41, 5.74) is 0. The highest BCUT2D eigenvalue weighted by atomic mass is 16.5. The van der Waals surface area contributed by atoms with E-state index < -0.39 is 6.10 Å². The molecule has 0 fully saturated rings. The third-order valence-electron chi connectivity index (χ3n) is 3.79. The van der Waals surface area contributed by atoms with E-state index in [0.717, 1.165) is 37.0 Å². The van der Waals surface area contributed by atoms with E-state index in [1.54, 1.807) is 7.11 Å². The van der Waals surface area contributed by atoms with Gasteiger partial charge in [0, 0.05) is 32.0 Å². The Balaban J connectivity index is 1.45. The largest absolute Gasteiger partial charge is 0.497 e. The Labute approximate surface area is 129 Å². The molecule has 1 aromatic heterocycles. The van der Waals surface area contributed by atoms with Crippen molar-refractivity contribution in [2.75, 3.05) is 26.8 Å². The van der Waals surface area contributed by atoms with Gasteiger partial charge in [0.05, 0.1) is 13.7 Å². The van der Waals surface area contributed by atoms with Crippen LogP contribution in [0.3, 0.4) is 0 Å². The van der Waals surface area contributed by atoms with E-state index >= 15 is 0 Å². The van der Waals surface area contributed by atoms with Crippen LogP contribution in [0, 0.1) is 0 Å². The van der Waals surface area contributed by atoms with Gasteiger partial charge in [-0.25, -0.2) is 4.98 Å². The Morgan fingerprint density at radius 3 is 2.77 bits per heavy atom. The summed E-state index contributed by atoms with van der Waals surface area (Å²) in [6, 6.07) is 7.35. The average molecular weight is 303 g/mol. The lowest BCUT2D eigenvalue weighted by molar-refractivity contribution is 0.0583. The van der Waals surface area contributed by atoms with E-state index in [1.165, 1.54) is 0 Å². The first kappa shape index (κ1) is 14.9. The number of aliphatic hydroxyl groups excluding tert-OH is 1. The Morgan fingerprint density at radius 1 is 1.23 bits per heavy atom. The van der Waals surface area contributed by atoms with Crippen molar-refractivity contribution in [2.45, 2.75) is 19.2 Å². The molecule has 6 heteroatoms. The molecule has 6 nitrogen and oxygen atoms in total. The second-order valence-corrected chi connectivity index (χ2v) is 5.41. The van der Waals surface area contributed by atoms with Crippen molar-refractivity contribution in [1.82, 2.24) is 14.5 Å². The van der Waals surface area contributed by atoms with Crippen LogP contribution >= 0.6 is 0 Å². The molecule has 0 radical (unpaired) electrons. The lowest BCUT2D eigenvalue weighted by Crippen LogP contribution is -2.40. The van der Waals surface area contributed by atoms with Crippen LogP contribution < -0.4 is 9.47 Å². The number of hydrogen-bond acceptors (Lipinski definition) is 5. The zero-order valence-electron chi connectivity index (χ0n) is 12.7. The minimum absolute atomic E-state index is 0.275. The molecule has 1 N–H and O–H groups in total. The molecule has 3 rings (SSSR count). The number of hydrogen-bond donors (Lipinski definition) is 1. The van der Waals surface area contributed by atoms with Crippen LogP contribution in [0.4, 0.5) is 0 Å². The normalized spacial score (nSPS) is 16.1. The molecule has 0 saturated heterocycles. The topological polar surface area (TPSA) is 59.8 Å². The summed E-state index contributed by atoms with van der Waals surface area (Å²) in [6.45, 7) is 3.47. The minimum Gasteiger partial charge on any atom is -0.497 e. The maximum atomic E-state index is 10.1. The number of fused-ring (bicyclic) bond motifs is 1. The summed E-state index contributed by atoms with van der Waals surface area (Å²) in [5.74, 6) is 2.57. The first-order chi connectivity index (χ1) is 10.7. The van der Waals surface area contributed by atoms with Gasteiger partial charge in [-0.1, -0.05) is 0 Å². The lowest BCUT2D eigenvalue weighted by Gasteiger charge is -2.29. The number of aromatic nitrogens is 2. The number of nitrogens with zero attached hydrogens (tertiary/aromatic N) is 3. The predicted molar refractivity (Wildman–Crippen MR) is 82.0 cm³/mol. The number of imidazole rings is 1. The smallest absolute Gasteiger partial charge is 0.122 e. The fourth-order valence-electron chi connectivity index (χ4n) is 2.59. The van der Waals surface area contributed by atoms with Gasteiger partial charge in [-0.3, -0.25) is 4.90 Å². The fourth-order valence-corrected chi connectivity index (χ4v) is 2.59. The van der Waals surface area contributed by atoms with Crippen LogP contribution in [0.1, 0.15) is 5.82 Å². The van der Waals surface area contributed by atoms with Crippen molar-refractivity contribution in [3.05, 3.63) is 42.5 Å². The van der Waals surface area contributed by atoms with Gasteiger partial charge in [0.1, 0.15) is 30.0 Å². The highest BCUT2D eigenvalue weighted by Crippen LogP contribution is 2.17. The van der Waals surface area contributed by atoms with E-state index in [9.17, 15) is 5.11 Å². The van der Waals surface area contributed by atoms with E-state index in [4.69, 9.17) is 9.47 Å². The highest BCUT2D eigenvalue weighted by molar-refractivity contribution is 5.31. The van der Waals surface area contributed by atoms with E-state index in [2.05, 4.69) is 14.5 Å². The molecule has 0 bridgehead atoms. The molecule has 2 heterocycles. The van der Waals surface area contributed by atoms with Gasteiger partial charge in [0.25, 0.3) is 0 Å². The molecular formula is C16H21N3O3. The Bertz CT molecular complexity index is 597. The zero-order chi connectivity index (χ0) is 15.4. The maximum absolute atomic E-state index is 10.1. The van der Waals surface area contributed by atoms with Gasteiger partial charge in [-0.05, 0) is 24.3 Å². The molecule has 22 heavy (non-hydrogen) atoms. The minimum atomic E-state index is -0.524. The summed E-state index contributed by atoms with van der Waals surface area (Å²) in [7, 11) is 1.63. The molecule has 1 aliphatic rings. The molecule has 1 aromatic carbocycles. The second-order valence-electron chi connectivity index (χ2n) is 5.41. The molecule has 1 aliphatic heterocycles. The van der Waals surface area contributed by atoms with Crippen LogP contribution in [0.25, 0.3) is 0 Å². The summed E-state index contributed by atoms with van der Waals surface area (Å²) >= 11 is 0. The van der Waals surface area contributed by atoms with Crippen LogP contribution in [-0.2, 0) is 13.1 Å². The van der Waals surface area contributed by atoms with Crippen LogP contribution in [0.15, 0.2) is 36.7 Å². The SMILES string of the molecule is COc1ccc(OC[C@H](O)CN2CCn3ccnc3C2)cc1. The molecular weight excluding hydrogens is 282 g/mol. The predicted octanol–water partition coefficient (Wildman–Crippen LogP) is 1.15. The summed E-state index contributed by atoms with van der Waals surface area (Å²) in [6.07, 6.45) is 3.29. The van der Waals surface area contributed by atoms with Gasteiger partial charge >= 0.3 is 0 Å². The first-order valence-electron chi connectivity index (χ1n) is 7.42. The summed E-state index contributed by atoms with van der Waals surface area (Å²) in [4.78, 5) is 6.52. The van der Waals surface area contributed by atoms with E-state index in [1.807, 2.05) is 36.7 Å². The molecule has 2 aromatic rings. The van der Waals surface area contributed by atoms with Gasteiger partial charge < -0.3 is 19.1 Å². The number of β-amino-alcohol motifs (C(OH)–C–C–N with tert-alkyl or cyclic N) is 1. The Hall–Kier alpha value is -2.05. The van der Waals surface area contributed by atoms with Gasteiger partial charge in [0.2, 0.25) is 0 Å². The number of ether oxygens (including phenoxy) is 2. The molecule has 1 atom stereocenters. The van der Waals surface area contributed by atoms with Gasteiger partial charge in [-0.15, -0.1) is 0 Å².